The highest BCUT2D eigenvalue weighted by atomic mass is 35.5. The molecule has 1 aliphatic rings. The van der Waals surface area contributed by atoms with Crippen molar-refractivity contribution in [3.05, 3.63) is 29.6 Å². The molecule has 0 saturated carbocycles. The largest absolute Gasteiger partial charge is 0.375 e. The predicted octanol–water partition coefficient (Wildman–Crippen LogP) is 3.18. The SMILES string of the molecule is CCC1CN(c2cc(F)cc(CCl)c2)CCO1. The van der Waals surface area contributed by atoms with E-state index in [0.717, 1.165) is 30.8 Å². The first-order valence-electron chi connectivity index (χ1n) is 5.95. The molecule has 0 bridgehead atoms. The lowest BCUT2D eigenvalue weighted by molar-refractivity contribution is 0.0384. The van der Waals surface area contributed by atoms with Crippen LogP contribution in [0.5, 0.6) is 0 Å². The van der Waals surface area contributed by atoms with Gasteiger partial charge in [-0.05, 0) is 30.2 Å². The van der Waals surface area contributed by atoms with Crippen LogP contribution >= 0.6 is 11.6 Å². The summed E-state index contributed by atoms with van der Waals surface area (Å²) in [5.41, 5.74) is 1.73. The zero-order chi connectivity index (χ0) is 12.3. The van der Waals surface area contributed by atoms with Crippen molar-refractivity contribution in [3.8, 4) is 0 Å². The van der Waals surface area contributed by atoms with Crippen molar-refractivity contribution in [2.24, 2.45) is 0 Å². The maximum atomic E-state index is 13.4. The third kappa shape index (κ3) is 3.11. The van der Waals surface area contributed by atoms with Crippen LogP contribution in [0.3, 0.4) is 0 Å². The van der Waals surface area contributed by atoms with E-state index in [0.29, 0.717) is 12.5 Å². The van der Waals surface area contributed by atoms with Gasteiger partial charge in [-0.3, -0.25) is 0 Å². The fraction of sp³-hybridized carbons (Fsp3) is 0.538. The first-order valence-corrected chi connectivity index (χ1v) is 6.48. The normalized spacial score (nSPS) is 20.6. The molecule has 0 radical (unpaired) electrons. The van der Waals surface area contributed by atoms with Crippen LogP contribution in [-0.4, -0.2) is 25.8 Å². The van der Waals surface area contributed by atoms with Gasteiger partial charge in [-0.15, -0.1) is 11.6 Å². The molecule has 2 nitrogen and oxygen atoms in total. The molecule has 1 aliphatic heterocycles. The lowest BCUT2D eigenvalue weighted by atomic mass is 10.1. The summed E-state index contributed by atoms with van der Waals surface area (Å²) in [7, 11) is 0. The molecule has 0 aromatic heterocycles. The van der Waals surface area contributed by atoms with Crippen molar-refractivity contribution in [1.29, 1.82) is 0 Å². The Labute approximate surface area is 106 Å². The highest BCUT2D eigenvalue weighted by Gasteiger charge is 2.19. The predicted molar refractivity (Wildman–Crippen MR) is 68.2 cm³/mol. The van der Waals surface area contributed by atoms with Gasteiger partial charge in [0, 0.05) is 24.7 Å². The van der Waals surface area contributed by atoms with Gasteiger partial charge in [-0.2, -0.15) is 0 Å². The molecule has 1 aromatic carbocycles. The summed E-state index contributed by atoms with van der Waals surface area (Å²) >= 11 is 5.76. The van der Waals surface area contributed by atoms with Gasteiger partial charge >= 0.3 is 0 Å². The number of nitrogens with zero attached hydrogens (tertiary/aromatic N) is 1. The third-order valence-electron chi connectivity index (χ3n) is 3.06. The molecule has 0 aliphatic carbocycles. The highest BCUT2D eigenvalue weighted by Crippen LogP contribution is 2.22. The van der Waals surface area contributed by atoms with E-state index in [9.17, 15) is 4.39 Å². The molecule has 1 atom stereocenters. The minimum atomic E-state index is -0.224. The Balaban J connectivity index is 2.18. The molecule has 0 spiro atoms. The van der Waals surface area contributed by atoms with E-state index in [1.165, 1.54) is 6.07 Å². The number of alkyl halides is 1. The second kappa shape index (κ2) is 5.69. The number of ether oxygens (including phenoxy) is 1. The molecule has 17 heavy (non-hydrogen) atoms. The van der Waals surface area contributed by atoms with Crippen LogP contribution < -0.4 is 4.90 Å². The van der Waals surface area contributed by atoms with Gasteiger partial charge in [0.05, 0.1) is 12.7 Å². The van der Waals surface area contributed by atoms with Gasteiger partial charge in [0.1, 0.15) is 5.82 Å². The third-order valence-corrected chi connectivity index (χ3v) is 3.36. The molecule has 0 N–H and O–H groups in total. The smallest absolute Gasteiger partial charge is 0.125 e. The van der Waals surface area contributed by atoms with Crippen molar-refractivity contribution < 1.29 is 9.13 Å². The Morgan fingerprint density at radius 3 is 3.00 bits per heavy atom. The zero-order valence-electron chi connectivity index (χ0n) is 9.96. The molecule has 1 aromatic rings. The topological polar surface area (TPSA) is 12.5 Å². The number of hydrogen-bond donors (Lipinski definition) is 0. The Morgan fingerprint density at radius 2 is 2.29 bits per heavy atom. The maximum absolute atomic E-state index is 13.4. The van der Waals surface area contributed by atoms with Crippen LogP contribution in [0.25, 0.3) is 0 Å². The molecule has 0 amide bonds. The Kier molecular flexibility index (Phi) is 4.24. The van der Waals surface area contributed by atoms with Crippen LogP contribution in [0.1, 0.15) is 18.9 Å². The van der Waals surface area contributed by atoms with Crippen molar-refractivity contribution in [3.63, 3.8) is 0 Å². The van der Waals surface area contributed by atoms with Gasteiger partial charge in [0.2, 0.25) is 0 Å². The van der Waals surface area contributed by atoms with Crippen LogP contribution in [0, 0.1) is 5.82 Å². The highest BCUT2D eigenvalue weighted by molar-refractivity contribution is 6.17. The molecular weight excluding hydrogens is 241 g/mol. The van der Waals surface area contributed by atoms with Crippen LogP contribution in [0.2, 0.25) is 0 Å². The van der Waals surface area contributed by atoms with Crippen molar-refractivity contribution in [2.75, 3.05) is 24.6 Å². The average molecular weight is 258 g/mol. The summed E-state index contributed by atoms with van der Waals surface area (Å²) in [5.74, 6) is 0.115. The Morgan fingerprint density at radius 1 is 1.47 bits per heavy atom. The number of rotatable bonds is 3. The summed E-state index contributed by atoms with van der Waals surface area (Å²) in [5, 5.41) is 0. The van der Waals surface area contributed by atoms with E-state index < -0.39 is 0 Å². The van der Waals surface area contributed by atoms with Crippen molar-refractivity contribution >= 4 is 17.3 Å². The summed E-state index contributed by atoms with van der Waals surface area (Å²) < 4.78 is 19.0. The lowest BCUT2D eigenvalue weighted by Gasteiger charge is -2.34. The fourth-order valence-electron chi connectivity index (χ4n) is 2.09. The van der Waals surface area contributed by atoms with Crippen LogP contribution in [0.15, 0.2) is 18.2 Å². The van der Waals surface area contributed by atoms with Gasteiger partial charge in [-0.25, -0.2) is 4.39 Å². The molecule has 2 rings (SSSR count). The van der Waals surface area contributed by atoms with Gasteiger partial charge < -0.3 is 9.64 Å². The van der Waals surface area contributed by atoms with E-state index in [2.05, 4.69) is 11.8 Å². The summed E-state index contributed by atoms with van der Waals surface area (Å²) in [6, 6.07) is 5.00. The van der Waals surface area contributed by atoms with E-state index in [-0.39, 0.29) is 11.9 Å². The van der Waals surface area contributed by atoms with Gasteiger partial charge in [0.25, 0.3) is 0 Å². The summed E-state index contributed by atoms with van der Waals surface area (Å²) in [6.45, 7) is 4.43. The van der Waals surface area contributed by atoms with E-state index >= 15 is 0 Å². The number of benzene rings is 1. The molecule has 1 heterocycles. The van der Waals surface area contributed by atoms with Crippen LogP contribution in [-0.2, 0) is 10.6 Å². The molecule has 1 unspecified atom stereocenters. The first kappa shape index (κ1) is 12.7. The van der Waals surface area contributed by atoms with Gasteiger partial charge in [-0.1, -0.05) is 6.92 Å². The van der Waals surface area contributed by atoms with E-state index in [1.54, 1.807) is 6.07 Å². The van der Waals surface area contributed by atoms with Crippen molar-refractivity contribution in [2.45, 2.75) is 25.3 Å². The Hall–Kier alpha value is -0.800. The quantitative estimate of drug-likeness (QED) is 0.771. The Bertz CT molecular complexity index is 386. The monoisotopic (exact) mass is 257 g/mol. The number of halogens is 2. The van der Waals surface area contributed by atoms with Gasteiger partial charge in [0.15, 0.2) is 0 Å². The molecule has 1 saturated heterocycles. The first-order chi connectivity index (χ1) is 8.22. The average Bonchev–Trinajstić information content (AvgIpc) is 2.38. The number of hydrogen-bond acceptors (Lipinski definition) is 2. The minimum absolute atomic E-state index is 0.224. The standard InChI is InChI=1S/C13H17ClFNO/c1-2-13-9-16(3-4-17-13)12-6-10(8-14)5-11(15)7-12/h5-7,13H,2-4,8-9H2,1H3. The zero-order valence-corrected chi connectivity index (χ0v) is 10.7. The fourth-order valence-corrected chi connectivity index (χ4v) is 2.25. The summed E-state index contributed by atoms with van der Waals surface area (Å²) in [4.78, 5) is 2.16. The molecule has 4 heteroatoms. The minimum Gasteiger partial charge on any atom is -0.375 e. The second-order valence-electron chi connectivity index (χ2n) is 4.30. The van der Waals surface area contributed by atoms with E-state index in [1.807, 2.05) is 6.07 Å². The molecular formula is C13H17ClFNO. The van der Waals surface area contributed by atoms with E-state index in [4.69, 9.17) is 16.3 Å². The lowest BCUT2D eigenvalue weighted by Crippen LogP contribution is -2.42. The van der Waals surface area contributed by atoms with Crippen LogP contribution in [0.4, 0.5) is 10.1 Å². The molecule has 1 fully saturated rings. The summed E-state index contributed by atoms with van der Waals surface area (Å²) in [6.07, 6.45) is 1.22. The van der Waals surface area contributed by atoms with Crippen molar-refractivity contribution in [1.82, 2.24) is 0 Å². The number of anilines is 1. The molecule has 94 valence electrons. The second-order valence-corrected chi connectivity index (χ2v) is 4.57. The number of morpholine rings is 1. The maximum Gasteiger partial charge on any atom is 0.125 e.